The van der Waals surface area contributed by atoms with Gasteiger partial charge in [-0.2, -0.15) is 4.31 Å². The number of rotatable bonds is 6. The molecule has 3 rings (SSSR count). The molecule has 2 bridgehead atoms. The van der Waals surface area contributed by atoms with E-state index in [9.17, 15) is 8.42 Å². The van der Waals surface area contributed by atoms with Crippen LogP contribution in [0.4, 0.5) is 0 Å². The Balaban J connectivity index is 1.65. The number of piperidine rings is 1. The molecule has 1 N–H and O–H groups in total. The van der Waals surface area contributed by atoms with Gasteiger partial charge in [0.1, 0.15) is 0 Å². The van der Waals surface area contributed by atoms with Crippen LogP contribution in [-0.2, 0) is 22.3 Å². The monoisotopic (exact) mass is 308 g/mol. The SMILES string of the molecule is CCNCc1ccc(CS(=O)(=O)N2CC3CCC2C3)cc1. The van der Waals surface area contributed by atoms with Crippen molar-refractivity contribution in [3.63, 3.8) is 0 Å². The minimum Gasteiger partial charge on any atom is -0.313 e. The first kappa shape index (κ1) is 15.0. The second kappa shape index (κ2) is 6.07. The van der Waals surface area contributed by atoms with E-state index in [-0.39, 0.29) is 11.8 Å². The van der Waals surface area contributed by atoms with Crippen LogP contribution in [0.3, 0.4) is 0 Å². The van der Waals surface area contributed by atoms with Crippen molar-refractivity contribution < 1.29 is 8.42 Å². The molecule has 1 aliphatic carbocycles. The third kappa shape index (κ3) is 3.30. The largest absolute Gasteiger partial charge is 0.313 e. The number of hydrogen-bond acceptors (Lipinski definition) is 3. The lowest BCUT2D eigenvalue weighted by Gasteiger charge is -2.26. The highest BCUT2D eigenvalue weighted by molar-refractivity contribution is 7.88. The van der Waals surface area contributed by atoms with Crippen LogP contribution >= 0.6 is 0 Å². The van der Waals surface area contributed by atoms with Crippen LogP contribution in [0.25, 0.3) is 0 Å². The van der Waals surface area contributed by atoms with Crippen molar-refractivity contribution >= 4 is 10.0 Å². The van der Waals surface area contributed by atoms with Crippen LogP contribution in [0.5, 0.6) is 0 Å². The van der Waals surface area contributed by atoms with E-state index in [2.05, 4.69) is 12.2 Å². The quantitative estimate of drug-likeness (QED) is 0.875. The van der Waals surface area contributed by atoms with E-state index in [1.54, 1.807) is 4.31 Å². The van der Waals surface area contributed by atoms with Gasteiger partial charge in [0.25, 0.3) is 0 Å². The van der Waals surface area contributed by atoms with Gasteiger partial charge in [-0.1, -0.05) is 31.2 Å². The van der Waals surface area contributed by atoms with Gasteiger partial charge in [0, 0.05) is 19.1 Å². The van der Waals surface area contributed by atoms with E-state index >= 15 is 0 Å². The summed E-state index contributed by atoms with van der Waals surface area (Å²) in [5.74, 6) is 0.741. The zero-order chi connectivity index (χ0) is 14.9. The average molecular weight is 308 g/mol. The fourth-order valence-electron chi connectivity index (χ4n) is 3.54. The smallest absolute Gasteiger partial charge is 0.218 e. The first-order valence-corrected chi connectivity index (χ1v) is 9.47. The summed E-state index contributed by atoms with van der Waals surface area (Å²) in [6.45, 7) is 4.59. The second-order valence-electron chi connectivity index (χ2n) is 6.26. The third-order valence-electron chi connectivity index (χ3n) is 4.67. The van der Waals surface area contributed by atoms with Gasteiger partial charge in [-0.3, -0.25) is 0 Å². The Morgan fingerprint density at radius 2 is 1.90 bits per heavy atom. The summed E-state index contributed by atoms with van der Waals surface area (Å²) in [6, 6.07) is 8.19. The standard InChI is InChI=1S/C16H24N2O2S/c1-2-17-10-13-3-5-14(6-4-13)12-21(19,20)18-11-15-7-8-16(18)9-15/h3-6,15-17H,2,7-12H2,1H3. The number of sulfonamides is 1. The zero-order valence-corrected chi connectivity index (χ0v) is 13.4. The molecular weight excluding hydrogens is 284 g/mol. The maximum absolute atomic E-state index is 12.6. The van der Waals surface area contributed by atoms with Crippen molar-refractivity contribution in [2.75, 3.05) is 13.1 Å². The second-order valence-corrected chi connectivity index (χ2v) is 8.18. The van der Waals surface area contributed by atoms with Crippen molar-refractivity contribution in [1.29, 1.82) is 0 Å². The predicted octanol–water partition coefficient (Wildman–Crippen LogP) is 2.11. The summed E-state index contributed by atoms with van der Waals surface area (Å²) in [5.41, 5.74) is 2.08. The summed E-state index contributed by atoms with van der Waals surface area (Å²) in [5, 5.41) is 3.27. The highest BCUT2D eigenvalue weighted by Gasteiger charge is 2.43. The molecule has 1 saturated heterocycles. The molecule has 0 spiro atoms. The first-order chi connectivity index (χ1) is 10.1. The summed E-state index contributed by atoms with van der Waals surface area (Å²) >= 11 is 0. The van der Waals surface area contributed by atoms with E-state index in [0.717, 1.165) is 38.0 Å². The molecule has 2 unspecified atom stereocenters. The number of hydrogen-bond donors (Lipinski definition) is 1. The average Bonchev–Trinajstić information content (AvgIpc) is 3.09. The minimum absolute atomic E-state index is 0.137. The number of nitrogens with one attached hydrogen (secondary N) is 1. The third-order valence-corrected chi connectivity index (χ3v) is 6.53. The molecule has 1 aromatic carbocycles. The molecule has 1 saturated carbocycles. The van der Waals surface area contributed by atoms with Gasteiger partial charge in [0.2, 0.25) is 10.0 Å². The summed E-state index contributed by atoms with van der Waals surface area (Å²) < 4.78 is 26.9. The number of nitrogens with zero attached hydrogens (tertiary/aromatic N) is 1. The Morgan fingerprint density at radius 1 is 1.19 bits per heavy atom. The van der Waals surface area contributed by atoms with E-state index < -0.39 is 10.0 Å². The maximum atomic E-state index is 12.6. The predicted molar refractivity (Wildman–Crippen MR) is 84.3 cm³/mol. The molecular formula is C16H24N2O2S. The van der Waals surface area contributed by atoms with Gasteiger partial charge in [-0.25, -0.2) is 8.42 Å². The van der Waals surface area contributed by atoms with Crippen molar-refractivity contribution in [1.82, 2.24) is 9.62 Å². The maximum Gasteiger partial charge on any atom is 0.218 e. The first-order valence-electron chi connectivity index (χ1n) is 7.86. The van der Waals surface area contributed by atoms with Crippen LogP contribution < -0.4 is 5.32 Å². The molecule has 21 heavy (non-hydrogen) atoms. The highest BCUT2D eigenvalue weighted by atomic mass is 32.2. The van der Waals surface area contributed by atoms with Crippen LogP contribution in [0, 0.1) is 5.92 Å². The Labute approximate surface area is 127 Å². The minimum atomic E-state index is -3.16. The molecule has 4 nitrogen and oxygen atoms in total. The molecule has 2 atom stereocenters. The van der Waals surface area contributed by atoms with Gasteiger partial charge in [0.05, 0.1) is 5.75 Å². The molecule has 2 fully saturated rings. The van der Waals surface area contributed by atoms with Crippen LogP contribution in [0.2, 0.25) is 0 Å². The molecule has 0 aromatic heterocycles. The van der Waals surface area contributed by atoms with Gasteiger partial charge < -0.3 is 5.32 Å². The lowest BCUT2D eigenvalue weighted by Crippen LogP contribution is -2.38. The Morgan fingerprint density at radius 3 is 2.48 bits per heavy atom. The molecule has 0 radical (unpaired) electrons. The molecule has 116 valence electrons. The lowest BCUT2D eigenvalue weighted by atomic mass is 10.1. The highest BCUT2D eigenvalue weighted by Crippen LogP contribution is 2.39. The number of benzene rings is 1. The van der Waals surface area contributed by atoms with E-state index in [1.807, 2.05) is 24.3 Å². The van der Waals surface area contributed by atoms with Crippen molar-refractivity contribution in [3.8, 4) is 0 Å². The fraction of sp³-hybridized carbons (Fsp3) is 0.625. The Hall–Kier alpha value is -0.910. The molecule has 2 aliphatic rings. The van der Waals surface area contributed by atoms with Crippen LogP contribution in [-0.4, -0.2) is 31.9 Å². The molecule has 0 amide bonds. The Bertz CT molecular complexity index is 583. The molecule has 1 heterocycles. The van der Waals surface area contributed by atoms with E-state index in [1.165, 1.54) is 12.0 Å². The van der Waals surface area contributed by atoms with Crippen LogP contribution in [0.15, 0.2) is 24.3 Å². The summed E-state index contributed by atoms with van der Waals surface area (Å²) in [4.78, 5) is 0. The lowest BCUT2D eigenvalue weighted by molar-refractivity contribution is 0.333. The summed E-state index contributed by atoms with van der Waals surface area (Å²) in [7, 11) is -3.16. The molecule has 1 aliphatic heterocycles. The summed E-state index contributed by atoms with van der Waals surface area (Å²) in [6.07, 6.45) is 3.32. The number of fused-ring (bicyclic) bond motifs is 2. The van der Waals surface area contributed by atoms with E-state index in [4.69, 9.17) is 0 Å². The topological polar surface area (TPSA) is 49.4 Å². The van der Waals surface area contributed by atoms with Crippen molar-refractivity contribution in [3.05, 3.63) is 35.4 Å². The van der Waals surface area contributed by atoms with E-state index in [0.29, 0.717) is 5.92 Å². The van der Waals surface area contributed by atoms with Gasteiger partial charge in [0.15, 0.2) is 0 Å². The van der Waals surface area contributed by atoms with Crippen molar-refractivity contribution in [2.45, 2.75) is 44.5 Å². The molecule has 1 aromatic rings. The van der Waals surface area contributed by atoms with Crippen molar-refractivity contribution in [2.24, 2.45) is 5.92 Å². The molecule has 5 heteroatoms. The van der Waals surface area contributed by atoms with Crippen LogP contribution in [0.1, 0.15) is 37.3 Å². The Kier molecular flexibility index (Phi) is 4.33. The van der Waals surface area contributed by atoms with Gasteiger partial charge >= 0.3 is 0 Å². The normalized spacial score (nSPS) is 25.6. The fourth-order valence-corrected chi connectivity index (χ4v) is 5.40. The van der Waals surface area contributed by atoms with Gasteiger partial charge in [-0.15, -0.1) is 0 Å². The zero-order valence-electron chi connectivity index (χ0n) is 12.6. The van der Waals surface area contributed by atoms with Gasteiger partial charge in [-0.05, 0) is 42.9 Å².